The summed E-state index contributed by atoms with van der Waals surface area (Å²) in [5, 5.41) is 38.1. The Morgan fingerprint density at radius 2 is 2.00 bits per heavy atom. The van der Waals surface area contributed by atoms with Crippen LogP contribution in [0.4, 0.5) is 10.8 Å². The van der Waals surface area contributed by atoms with E-state index in [0.717, 1.165) is 21.5 Å². The van der Waals surface area contributed by atoms with Crippen molar-refractivity contribution in [3.63, 3.8) is 0 Å². The number of carbonyl (C=O) groups is 1. The lowest BCUT2D eigenvalue weighted by Gasteiger charge is -2.10. The second kappa shape index (κ2) is 8.31. The Kier molecular flexibility index (Phi) is 5.16. The van der Waals surface area contributed by atoms with Gasteiger partial charge in [-0.1, -0.05) is 12.1 Å². The molecule has 10 heteroatoms. The van der Waals surface area contributed by atoms with Gasteiger partial charge in [-0.3, -0.25) is 10.1 Å². The van der Waals surface area contributed by atoms with Crippen LogP contribution < -0.4 is 5.32 Å². The summed E-state index contributed by atoms with van der Waals surface area (Å²) < 4.78 is 1.68. The molecule has 0 saturated heterocycles. The van der Waals surface area contributed by atoms with Gasteiger partial charge in [0.1, 0.15) is 5.69 Å². The summed E-state index contributed by atoms with van der Waals surface area (Å²) in [6.07, 6.45) is 1.72. The lowest BCUT2D eigenvalue weighted by molar-refractivity contribution is -0.384. The number of benzene rings is 3. The molecule has 0 bridgehead atoms. The number of nitro groups is 1. The van der Waals surface area contributed by atoms with Crippen LogP contribution in [-0.4, -0.2) is 25.6 Å². The molecule has 0 aliphatic rings. The highest BCUT2D eigenvalue weighted by Gasteiger charge is 2.22. The van der Waals surface area contributed by atoms with Gasteiger partial charge in [-0.05, 0) is 42.0 Å². The van der Waals surface area contributed by atoms with Crippen LogP contribution in [-0.2, 0) is 6.54 Å². The molecule has 3 aromatic carbocycles. The molecule has 34 heavy (non-hydrogen) atoms. The Morgan fingerprint density at radius 3 is 2.71 bits per heavy atom. The Balaban J connectivity index is 1.76. The summed E-state index contributed by atoms with van der Waals surface area (Å²) in [4.78, 5) is 27.2. The highest BCUT2D eigenvalue weighted by Crippen LogP contribution is 2.36. The zero-order valence-corrected chi connectivity index (χ0v) is 18.2. The third kappa shape index (κ3) is 3.60. The van der Waals surface area contributed by atoms with E-state index < -0.39 is 10.9 Å². The van der Waals surface area contributed by atoms with Crippen LogP contribution in [0, 0.1) is 21.4 Å². The molecule has 0 radical (unpaired) electrons. The summed E-state index contributed by atoms with van der Waals surface area (Å²) in [6.45, 7) is 0.528. The first kappa shape index (κ1) is 21.1. The van der Waals surface area contributed by atoms with Crippen LogP contribution in [0.3, 0.4) is 0 Å². The third-order valence-corrected chi connectivity index (χ3v) is 6.23. The van der Waals surface area contributed by atoms with Crippen molar-refractivity contribution in [3.05, 3.63) is 93.0 Å². The molecule has 0 amide bonds. The molecular formula is C24H15N5O4S. The predicted molar refractivity (Wildman–Crippen MR) is 129 cm³/mol. The lowest BCUT2D eigenvalue weighted by Crippen LogP contribution is -2.02. The number of anilines is 1. The smallest absolute Gasteiger partial charge is 0.335 e. The van der Waals surface area contributed by atoms with E-state index in [1.54, 1.807) is 16.8 Å². The van der Waals surface area contributed by atoms with Crippen LogP contribution >= 0.6 is 11.3 Å². The quantitative estimate of drug-likeness (QED) is 0.253. The monoisotopic (exact) mass is 469 g/mol. The highest BCUT2D eigenvalue weighted by atomic mass is 32.1. The Hall–Kier alpha value is -4.75. The fraction of sp³-hybridized carbons (Fsp3) is 0.0417. The summed E-state index contributed by atoms with van der Waals surface area (Å²) in [5.41, 5.74) is 2.42. The number of carboxylic acids is 1. The molecule has 5 aromatic rings. The number of nitrogens with one attached hydrogen (secondary N) is 1. The van der Waals surface area contributed by atoms with Crippen LogP contribution in [0.5, 0.6) is 0 Å². The maximum atomic E-state index is 11.9. The van der Waals surface area contributed by atoms with Gasteiger partial charge in [0.15, 0.2) is 5.13 Å². The molecule has 0 atom stereocenters. The summed E-state index contributed by atoms with van der Waals surface area (Å²) in [6, 6.07) is 16.6. The number of aromatic nitrogens is 2. The zero-order valence-electron chi connectivity index (χ0n) is 17.4. The number of aromatic carboxylic acids is 1. The molecule has 2 heterocycles. The van der Waals surface area contributed by atoms with Crippen molar-refractivity contribution in [3.8, 4) is 11.8 Å². The first-order chi connectivity index (χ1) is 16.5. The molecular weight excluding hydrogens is 454 g/mol. The van der Waals surface area contributed by atoms with Gasteiger partial charge in [0.2, 0.25) is 0 Å². The van der Waals surface area contributed by atoms with E-state index in [-0.39, 0.29) is 22.5 Å². The van der Waals surface area contributed by atoms with Crippen LogP contribution in [0.1, 0.15) is 21.5 Å². The van der Waals surface area contributed by atoms with Crippen molar-refractivity contribution >= 4 is 49.9 Å². The molecule has 9 nitrogen and oxygen atoms in total. The lowest BCUT2D eigenvalue weighted by atomic mass is 10.1. The SMILES string of the molecule is N#Cc1ccc(-n2c3ccc(CNc4nccs4)cc3c3ccc(C(=O)O)cc32)c([N+](=O)[O-])c1. The largest absolute Gasteiger partial charge is 0.478 e. The van der Waals surface area contributed by atoms with Gasteiger partial charge in [-0.25, -0.2) is 9.78 Å². The predicted octanol–water partition coefficient (Wildman–Crippen LogP) is 5.33. The normalized spacial score (nSPS) is 10.9. The first-order valence-corrected chi connectivity index (χ1v) is 11.0. The average molecular weight is 469 g/mol. The third-order valence-electron chi connectivity index (χ3n) is 5.50. The molecule has 0 aliphatic heterocycles. The minimum absolute atomic E-state index is 0.0681. The van der Waals surface area contributed by atoms with Gasteiger partial charge in [-0.2, -0.15) is 5.26 Å². The van der Waals surface area contributed by atoms with Crippen LogP contribution in [0.2, 0.25) is 0 Å². The Labute approximate surface area is 196 Å². The van der Waals surface area contributed by atoms with Crippen LogP contribution in [0.25, 0.3) is 27.5 Å². The molecule has 0 saturated carbocycles. The minimum atomic E-state index is -1.10. The number of hydrogen-bond acceptors (Lipinski definition) is 7. The molecule has 2 N–H and O–H groups in total. The van der Waals surface area contributed by atoms with Crippen molar-refractivity contribution in [2.24, 2.45) is 0 Å². The summed E-state index contributed by atoms with van der Waals surface area (Å²) >= 11 is 1.49. The van der Waals surface area contributed by atoms with E-state index in [1.165, 1.54) is 41.7 Å². The number of nitro benzene ring substituents is 1. The van der Waals surface area contributed by atoms with E-state index in [2.05, 4.69) is 10.3 Å². The van der Waals surface area contributed by atoms with E-state index in [0.29, 0.717) is 17.6 Å². The van der Waals surface area contributed by atoms with Crippen molar-refractivity contribution in [1.82, 2.24) is 9.55 Å². The van der Waals surface area contributed by atoms with Crippen molar-refractivity contribution in [2.45, 2.75) is 6.54 Å². The van der Waals surface area contributed by atoms with Crippen molar-refractivity contribution < 1.29 is 14.8 Å². The van der Waals surface area contributed by atoms with Gasteiger partial charge in [0.05, 0.1) is 33.2 Å². The van der Waals surface area contributed by atoms with E-state index in [1.807, 2.05) is 29.6 Å². The van der Waals surface area contributed by atoms with Gasteiger partial charge in [0, 0.05) is 35.0 Å². The molecule has 0 fully saturated rings. The number of thiazole rings is 1. The van der Waals surface area contributed by atoms with Crippen molar-refractivity contribution in [1.29, 1.82) is 5.26 Å². The molecule has 0 spiro atoms. The standard InChI is InChI=1S/C24H15N5O4S/c25-12-14-1-6-20(22(10-14)29(32)33)28-19-5-2-15(13-27-24-26-7-8-34-24)9-18(19)17-4-3-16(23(30)31)11-21(17)28/h1-11H,13H2,(H,26,27)(H,30,31). The Morgan fingerprint density at radius 1 is 1.15 bits per heavy atom. The maximum Gasteiger partial charge on any atom is 0.335 e. The van der Waals surface area contributed by atoms with E-state index in [4.69, 9.17) is 0 Å². The Bertz CT molecular complexity index is 1630. The molecule has 0 unspecified atom stereocenters. The number of fused-ring (bicyclic) bond motifs is 3. The van der Waals surface area contributed by atoms with Gasteiger partial charge >= 0.3 is 5.97 Å². The summed E-state index contributed by atoms with van der Waals surface area (Å²) in [7, 11) is 0. The van der Waals surface area contributed by atoms with Crippen molar-refractivity contribution in [2.75, 3.05) is 5.32 Å². The number of carboxylic acid groups (broad SMARTS) is 1. The van der Waals surface area contributed by atoms with Crippen LogP contribution in [0.15, 0.2) is 66.2 Å². The number of hydrogen-bond donors (Lipinski definition) is 2. The second-order valence-electron chi connectivity index (χ2n) is 7.49. The molecule has 0 aliphatic carbocycles. The number of nitrogens with zero attached hydrogens (tertiary/aromatic N) is 4. The fourth-order valence-corrected chi connectivity index (χ4v) is 4.52. The minimum Gasteiger partial charge on any atom is -0.478 e. The van der Waals surface area contributed by atoms with Gasteiger partial charge in [-0.15, -0.1) is 11.3 Å². The highest BCUT2D eigenvalue weighted by molar-refractivity contribution is 7.13. The second-order valence-corrected chi connectivity index (χ2v) is 8.38. The average Bonchev–Trinajstić information content (AvgIpc) is 3.47. The summed E-state index contributed by atoms with van der Waals surface area (Å²) in [5.74, 6) is -1.10. The van der Waals surface area contributed by atoms with E-state index in [9.17, 15) is 25.3 Å². The van der Waals surface area contributed by atoms with Gasteiger partial charge < -0.3 is 15.0 Å². The maximum absolute atomic E-state index is 11.9. The number of nitriles is 1. The zero-order chi connectivity index (χ0) is 23.8. The molecule has 166 valence electrons. The topological polar surface area (TPSA) is 134 Å². The fourth-order valence-electron chi connectivity index (χ4n) is 3.99. The van der Waals surface area contributed by atoms with E-state index >= 15 is 0 Å². The molecule has 2 aromatic heterocycles. The van der Waals surface area contributed by atoms with Gasteiger partial charge in [0.25, 0.3) is 5.69 Å². The molecule has 5 rings (SSSR count). The first-order valence-electron chi connectivity index (χ1n) is 10.1. The number of rotatable bonds is 6.